The first-order valence-corrected chi connectivity index (χ1v) is 6.35. The number of ether oxygens (including phenoxy) is 3. The van der Waals surface area contributed by atoms with Crippen LogP contribution in [0.1, 0.15) is 12.5 Å². The van der Waals surface area contributed by atoms with Crippen LogP contribution in [-0.2, 0) is 11.2 Å². The van der Waals surface area contributed by atoms with Crippen LogP contribution in [-0.4, -0.2) is 27.3 Å². The number of hydrogen-bond acceptors (Lipinski definition) is 4. The van der Waals surface area contributed by atoms with E-state index in [1.54, 1.807) is 26.0 Å². The molecule has 0 atom stereocenters. The predicted octanol–water partition coefficient (Wildman–Crippen LogP) is 2.96. The summed E-state index contributed by atoms with van der Waals surface area (Å²) in [7, 11) is 3.25. The van der Waals surface area contributed by atoms with Gasteiger partial charge in [-0.3, -0.25) is 0 Å². The van der Waals surface area contributed by atoms with Crippen LogP contribution in [0.3, 0.4) is 0 Å². The lowest BCUT2D eigenvalue weighted by Gasteiger charge is -2.14. The molecule has 0 spiro atoms. The van der Waals surface area contributed by atoms with Crippen LogP contribution in [0.15, 0.2) is 17.0 Å². The van der Waals surface area contributed by atoms with E-state index in [1.165, 1.54) is 5.56 Å². The van der Waals surface area contributed by atoms with E-state index in [-0.39, 0.29) is 6.79 Å². The molecule has 0 saturated heterocycles. The standard InChI is InChI=1S/C12H18O3S/c1-5-9-6-10(14-3)12(15-8-13-2)11(7-9)16-4/h6-7H,5,8H2,1-4H3. The molecule has 0 radical (unpaired) electrons. The summed E-state index contributed by atoms with van der Waals surface area (Å²) < 4.78 is 15.8. The van der Waals surface area contributed by atoms with E-state index < -0.39 is 0 Å². The van der Waals surface area contributed by atoms with Crippen molar-refractivity contribution >= 4 is 11.8 Å². The van der Waals surface area contributed by atoms with Crippen LogP contribution >= 0.6 is 11.8 Å². The molecular formula is C12H18O3S. The Labute approximate surface area is 101 Å². The Bertz CT molecular complexity index is 314. The Morgan fingerprint density at radius 1 is 1.25 bits per heavy atom. The van der Waals surface area contributed by atoms with E-state index in [4.69, 9.17) is 14.2 Å². The maximum Gasteiger partial charge on any atom is 0.188 e. The van der Waals surface area contributed by atoms with Crippen molar-refractivity contribution < 1.29 is 14.2 Å². The van der Waals surface area contributed by atoms with Crippen LogP contribution in [0.4, 0.5) is 0 Å². The Balaban J connectivity index is 3.09. The Morgan fingerprint density at radius 2 is 2.00 bits per heavy atom. The second-order valence-electron chi connectivity index (χ2n) is 3.23. The highest BCUT2D eigenvalue weighted by Crippen LogP contribution is 2.38. The fourth-order valence-corrected chi connectivity index (χ4v) is 2.01. The first kappa shape index (κ1) is 13.2. The molecular weight excluding hydrogens is 224 g/mol. The van der Waals surface area contributed by atoms with E-state index in [9.17, 15) is 0 Å². The summed E-state index contributed by atoms with van der Waals surface area (Å²) in [6, 6.07) is 4.13. The van der Waals surface area contributed by atoms with Crippen molar-refractivity contribution in [3.63, 3.8) is 0 Å². The number of thioether (sulfide) groups is 1. The molecule has 0 aliphatic carbocycles. The molecule has 0 heterocycles. The van der Waals surface area contributed by atoms with E-state index in [2.05, 4.69) is 13.0 Å². The number of rotatable bonds is 6. The summed E-state index contributed by atoms with van der Waals surface area (Å²) in [6.07, 6.45) is 3.00. The van der Waals surface area contributed by atoms with E-state index >= 15 is 0 Å². The fraction of sp³-hybridized carbons (Fsp3) is 0.500. The largest absolute Gasteiger partial charge is 0.493 e. The van der Waals surface area contributed by atoms with Crippen LogP contribution in [0.25, 0.3) is 0 Å². The van der Waals surface area contributed by atoms with Crippen LogP contribution in [0.5, 0.6) is 11.5 Å². The minimum atomic E-state index is 0.232. The topological polar surface area (TPSA) is 27.7 Å². The quantitative estimate of drug-likeness (QED) is 0.566. The zero-order valence-electron chi connectivity index (χ0n) is 10.2. The maximum absolute atomic E-state index is 5.53. The normalized spacial score (nSPS) is 10.2. The molecule has 3 nitrogen and oxygen atoms in total. The average molecular weight is 242 g/mol. The summed E-state index contributed by atoms with van der Waals surface area (Å²) in [5.74, 6) is 1.52. The van der Waals surface area contributed by atoms with Crippen molar-refractivity contribution in [2.24, 2.45) is 0 Å². The number of methoxy groups -OCH3 is 2. The monoisotopic (exact) mass is 242 g/mol. The van der Waals surface area contributed by atoms with Crippen LogP contribution in [0.2, 0.25) is 0 Å². The lowest BCUT2D eigenvalue weighted by molar-refractivity contribution is 0.0471. The fourth-order valence-electron chi connectivity index (χ4n) is 1.40. The third-order valence-corrected chi connectivity index (χ3v) is 2.99. The van der Waals surface area contributed by atoms with E-state index in [0.717, 1.165) is 22.8 Å². The van der Waals surface area contributed by atoms with Gasteiger partial charge in [0, 0.05) is 7.11 Å². The summed E-state index contributed by atoms with van der Waals surface area (Å²) >= 11 is 1.64. The van der Waals surface area contributed by atoms with Gasteiger partial charge in [-0.1, -0.05) is 6.92 Å². The smallest absolute Gasteiger partial charge is 0.188 e. The number of benzene rings is 1. The van der Waals surface area contributed by atoms with Gasteiger partial charge >= 0.3 is 0 Å². The van der Waals surface area contributed by atoms with Crippen LogP contribution in [0, 0.1) is 0 Å². The summed E-state index contributed by atoms with van der Waals surface area (Å²) in [5, 5.41) is 0. The summed E-state index contributed by atoms with van der Waals surface area (Å²) in [4.78, 5) is 1.08. The molecule has 1 rings (SSSR count). The third-order valence-electron chi connectivity index (χ3n) is 2.25. The highest BCUT2D eigenvalue weighted by Gasteiger charge is 2.12. The predicted molar refractivity (Wildman–Crippen MR) is 66.7 cm³/mol. The molecule has 0 bridgehead atoms. The Morgan fingerprint density at radius 3 is 2.50 bits per heavy atom. The molecule has 16 heavy (non-hydrogen) atoms. The highest BCUT2D eigenvalue weighted by atomic mass is 32.2. The molecule has 0 amide bonds. The van der Waals surface area contributed by atoms with Crippen molar-refractivity contribution in [1.82, 2.24) is 0 Å². The Kier molecular flexibility index (Phi) is 5.49. The SMILES string of the molecule is CCc1cc(OC)c(OCOC)c(SC)c1. The highest BCUT2D eigenvalue weighted by molar-refractivity contribution is 7.98. The molecule has 0 N–H and O–H groups in total. The second-order valence-corrected chi connectivity index (χ2v) is 4.08. The Hall–Kier alpha value is -0.870. The molecule has 1 aromatic rings. The van der Waals surface area contributed by atoms with E-state index in [1.807, 2.05) is 12.3 Å². The first-order valence-electron chi connectivity index (χ1n) is 5.13. The molecule has 1 aromatic carbocycles. The first-order chi connectivity index (χ1) is 7.76. The van der Waals surface area contributed by atoms with Gasteiger partial charge in [-0.2, -0.15) is 0 Å². The van der Waals surface area contributed by atoms with Crippen molar-refractivity contribution in [2.75, 3.05) is 27.3 Å². The minimum Gasteiger partial charge on any atom is -0.493 e. The average Bonchev–Trinajstić information content (AvgIpc) is 2.35. The molecule has 0 aliphatic heterocycles. The van der Waals surface area contributed by atoms with Gasteiger partial charge in [0.2, 0.25) is 0 Å². The van der Waals surface area contributed by atoms with Crippen molar-refractivity contribution in [2.45, 2.75) is 18.2 Å². The van der Waals surface area contributed by atoms with Crippen molar-refractivity contribution in [3.8, 4) is 11.5 Å². The molecule has 0 unspecified atom stereocenters. The molecule has 90 valence electrons. The lowest BCUT2D eigenvalue weighted by atomic mass is 10.1. The van der Waals surface area contributed by atoms with Gasteiger partial charge < -0.3 is 14.2 Å². The second kappa shape index (κ2) is 6.66. The lowest BCUT2D eigenvalue weighted by Crippen LogP contribution is -2.02. The number of aryl methyl sites for hydroxylation is 1. The van der Waals surface area contributed by atoms with Crippen molar-refractivity contribution in [3.05, 3.63) is 17.7 Å². The van der Waals surface area contributed by atoms with Gasteiger partial charge in [0.05, 0.1) is 12.0 Å². The van der Waals surface area contributed by atoms with Gasteiger partial charge in [0.1, 0.15) is 0 Å². The molecule has 4 heteroatoms. The van der Waals surface area contributed by atoms with Crippen LogP contribution < -0.4 is 9.47 Å². The number of hydrogen-bond donors (Lipinski definition) is 0. The van der Waals surface area contributed by atoms with Gasteiger partial charge in [-0.15, -0.1) is 11.8 Å². The zero-order valence-corrected chi connectivity index (χ0v) is 11.0. The molecule has 0 fully saturated rings. The zero-order chi connectivity index (χ0) is 12.0. The molecule has 0 aromatic heterocycles. The summed E-state index contributed by atoms with van der Waals surface area (Å²) in [6.45, 7) is 2.35. The summed E-state index contributed by atoms with van der Waals surface area (Å²) in [5.41, 5.74) is 1.24. The van der Waals surface area contributed by atoms with Gasteiger partial charge in [-0.05, 0) is 30.4 Å². The minimum absolute atomic E-state index is 0.232. The molecule has 0 aliphatic rings. The van der Waals surface area contributed by atoms with E-state index in [0.29, 0.717) is 0 Å². The van der Waals surface area contributed by atoms with Crippen molar-refractivity contribution in [1.29, 1.82) is 0 Å². The molecule has 0 saturated carbocycles. The van der Waals surface area contributed by atoms with Gasteiger partial charge in [0.25, 0.3) is 0 Å². The van der Waals surface area contributed by atoms with Gasteiger partial charge in [-0.25, -0.2) is 0 Å². The maximum atomic E-state index is 5.53. The van der Waals surface area contributed by atoms with Gasteiger partial charge in [0.15, 0.2) is 18.3 Å². The third kappa shape index (κ3) is 3.06.